The number of likely N-dealkylation sites (N-methyl/N-ethyl adjacent to an activating group) is 1. The zero-order valence-electron chi connectivity index (χ0n) is 11.5. The average Bonchev–Trinajstić information content (AvgIpc) is 2.86. The number of ether oxygens (including phenoxy) is 2. The van der Waals surface area contributed by atoms with Crippen molar-refractivity contribution in [2.24, 2.45) is 5.73 Å². The van der Waals surface area contributed by atoms with Gasteiger partial charge in [-0.3, -0.25) is 4.90 Å². The van der Waals surface area contributed by atoms with E-state index in [1.54, 1.807) is 0 Å². The van der Waals surface area contributed by atoms with Crippen molar-refractivity contribution in [3.8, 4) is 11.5 Å². The summed E-state index contributed by atoms with van der Waals surface area (Å²) in [7, 11) is 2.09. The molecule has 0 bridgehead atoms. The molecule has 4 nitrogen and oxygen atoms in total. The van der Waals surface area contributed by atoms with Crippen molar-refractivity contribution in [2.45, 2.75) is 25.8 Å². The Labute approximate surface area is 119 Å². The molecule has 5 heteroatoms. The highest BCUT2D eigenvalue weighted by Crippen LogP contribution is 2.41. The Hall–Kier alpha value is -0.970. The van der Waals surface area contributed by atoms with Crippen molar-refractivity contribution in [1.82, 2.24) is 4.90 Å². The Morgan fingerprint density at radius 3 is 2.89 bits per heavy atom. The van der Waals surface area contributed by atoms with E-state index in [0.717, 1.165) is 18.5 Å². The first kappa shape index (κ1) is 14.4. The van der Waals surface area contributed by atoms with Gasteiger partial charge >= 0.3 is 0 Å². The van der Waals surface area contributed by atoms with Crippen LogP contribution in [0.3, 0.4) is 0 Å². The van der Waals surface area contributed by atoms with Crippen LogP contribution < -0.4 is 15.2 Å². The molecular formula is C14H21ClN2O2. The third kappa shape index (κ3) is 3.14. The van der Waals surface area contributed by atoms with Crippen LogP contribution in [0.15, 0.2) is 12.1 Å². The normalized spacial score (nSPS) is 15.0. The molecule has 1 heterocycles. The molecule has 0 spiro atoms. The second-order valence-electron chi connectivity index (χ2n) is 4.82. The van der Waals surface area contributed by atoms with E-state index in [0.29, 0.717) is 23.1 Å². The van der Waals surface area contributed by atoms with Crippen molar-refractivity contribution in [2.75, 3.05) is 26.9 Å². The highest BCUT2D eigenvalue weighted by atomic mass is 35.5. The summed E-state index contributed by atoms with van der Waals surface area (Å²) in [5, 5.41) is 0.590. The molecule has 0 radical (unpaired) electrons. The lowest BCUT2D eigenvalue weighted by atomic mass is 10.0. The second-order valence-corrected chi connectivity index (χ2v) is 5.23. The Bertz CT molecular complexity index is 440. The minimum Gasteiger partial charge on any atom is -0.454 e. The molecule has 2 rings (SSSR count). The fourth-order valence-electron chi connectivity index (χ4n) is 2.31. The molecule has 19 heavy (non-hydrogen) atoms. The van der Waals surface area contributed by atoms with Gasteiger partial charge in [0.05, 0.1) is 5.02 Å². The van der Waals surface area contributed by atoms with Gasteiger partial charge in [0.2, 0.25) is 6.79 Å². The number of nitrogens with zero attached hydrogens (tertiary/aromatic N) is 1. The van der Waals surface area contributed by atoms with Crippen molar-refractivity contribution >= 4 is 11.6 Å². The lowest BCUT2D eigenvalue weighted by molar-refractivity contribution is 0.174. The number of halogens is 1. The van der Waals surface area contributed by atoms with Gasteiger partial charge in [0, 0.05) is 12.6 Å². The maximum Gasteiger partial charge on any atom is 0.231 e. The molecule has 0 amide bonds. The van der Waals surface area contributed by atoms with Gasteiger partial charge < -0.3 is 15.2 Å². The van der Waals surface area contributed by atoms with Crippen molar-refractivity contribution in [3.63, 3.8) is 0 Å². The monoisotopic (exact) mass is 284 g/mol. The molecule has 1 aliphatic heterocycles. The fourth-order valence-corrected chi connectivity index (χ4v) is 2.59. The highest BCUT2D eigenvalue weighted by molar-refractivity contribution is 6.32. The van der Waals surface area contributed by atoms with Crippen molar-refractivity contribution < 1.29 is 9.47 Å². The predicted octanol–water partition coefficient (Wildman–Crippen LogP) is 2.80. The molecule has 0 fully saturated rings. The fraction of sp³-hybridized carbons (Fsp3) is 0.571. The maximum absolute atomic E-state index is 6.22. The van der Waals surface area contributed by atoms with E-state index in [1.807, 2.05) is 12.1 Å². The quantitative estimate of drug-likeness (QED) is 0.873. The summed E-state index contributed by atoms with van der Waals surface area (Å²) in [6, 6.07) is 4.06. The number of benzene rings is 1. The van der Waals surface area contributed by atoms with Crippen LogP contribution in [0.25, 0.3) is 0 Å². The van der Waals surface area contributed by atoms with Crippen LogP contribution in [0, 0.1) is 0 Å². The zero-order chi connectivity index (χ0) is 13.8. The molecule has 1 atom stereocenters. The SMILES string of the molecule is CCCCN(C)C(CN)c1cc(Cl)c2c(c1)OCO2. The van der Waals surface area contributed by atoms with E-state index < -0.39 is 0 Å². The molecule has 106 valence electrons. The summed E-state index contributed by atoms with van der Waals surface area (Å²) in [4.78, 5) is 2.26. The Morgan fingerprint density at radius 2 is 2.21 bits per heavy atom. The molecule has 0 saturated carbocycles. The summed E-state index contributed by atoms with van der Waals surface area (Å²) in [6.45, 7) is 3.99. The third-order valence-corrected chi connectivity index (χ3v) is 3.73. The van der Waals surface area contributed by atoms with Crippen molar-refractivity contribution in [3.05, 3.63) is 22.7 Å². The van der Waals surface area contributed by atoms with Gasteiger partial charge in [0.15, 0.2) is 11.5 Å². The number of fused-ring (bicyclic) bond motifs is 1. The highest BCUT2D eigenvalue weighted by Gasteiger charge is 2.22. The maximum atomic E-state index is 6.22. The topological polar surface area (TPSA) is 47.7 Å². The molecule has 0 saturated heterocycles. The van der Waals surface area contributed by atoms with Crippen LogP contribution in [0.5, 0.6) is 11.5 Å². The van der Waals surface area contributed by atoms with Gasteiger partial charge in [0.25, 0.3) is 0 Å². The van der Waals surface area contributed by atoms with E-state index in [1.165, 1.54) is 6.42 Å². The number of unbranched alkanes of at least 4 members (excludes halogenated alkanes) is 1. The first-order valence-corrected chi connectivity index (χ1v) is 7.04. The summed E-state index contributed by atoms with van der Waals surface area (Å²) in [6.07, 6.45) is 2.33. The van der Waals surface area contributed by atoms with Gasteiger partial charge in [0.1, 0.15) is 0 Å². The summed E-state index contributed by atoms with van der Waals surface area (Å²) in [5.41, 5.74) is 6.99. The van der Waals surface area contributed by atoms with Gasteiger partial charge in [-0.15, -0.1) is 0 Å². The van der Waals surface area contributed by atoms with E-state index in [-0.39, 0.29) is 12.8 Å². The van der Waals surface area contributed by atoms with Crippen LogP contribution in [0.1, 0.15) is 31.4 Å². The molecule has 1 aliphatic rings. The Morgan fingerprint density at radius 1 is 1.42 bits per heavy atom. The first-order chi connectivity index (χ1) is 9.17. The Balaban J connectivity index is 2.21. The molecule has 1 aromatic carbocycles. The van der Waals surface area contributed by atoms with Gasteiger partial charge in [-0.1, -0.05) is 24.9 Å². The minimum absolute atomic E-state index is 0.151. The number of nitrogens with two attached hydrogens (primary N) is 1. The predicted molar refractivity (Wildman–Crippen MR) is 76.9 cm³/mol. The van der Waals surface area contributed by atoms with Crippen LogP contribution in [-0.2, 0) is 0 Å². The van der Waals surface area contributed by atoms with E-state index >= 15 is 0 Å². The van der Waals surface area contributed by atoms with Crippen LogP contribution in [-0.4, -0.2) is 31.8 Å². The lowest BCUT2D eigenvalue weighted by Crippen LogP contribution is -2.31. The molecular weight excluding hydrogens is 264 g/mol. The van der Waals surface area contributed by atoms with Gasteiger partial charge in [-0.05, 0) is 37.7 Å². The third-order valence-electron chi connectivity index (χ3n) is 3.45. The molecule has 0 aliphatic carbocycles. The molecule has 2 N–H and O–H groups in total. The molecule has 0 aromatic heterocycles. The van der Waals surface area contributed by atoms with E-state index in [4.69, 9.17) is 26.8 Å². The molecule has 1 aromatic rings. The van der Waals surface area contributed by atoms with Crippen LogP contribution in [0.4, 0.5) is 0 Å². The van der Waals surface area contributed by atoms with Gasteiger partial charge in [-0.2, -0.15) is 0 Å². The zero-order valence-corrected chi connectivity index (χ0v) is 12.2. The average molecular weight is 285 g/mol. The van der Waals surface area contributed by atoms with E-state index in [2.05, 4.69) is 18.9 Å². The number of rotatable bonds is 6. The van der Waals surface area contributed by atoms with Crippen molar-refractivity contribution in [1.29, 1.82) is 0 Å². The summed E-state index contributed by atoms with van der Waals surface area (Å²) in [5.74, 6) is 1.35. The van der Waals surface area contributed by atoms with Crippen LogP contribution in [0.2, 0.25) is 5.02 Å². The lowest BCUT2D eigenvalue weighted by Gasteiger charge is -2.27. The summed E-state index contributed by atoms with van der Waals surface area (Å²) >= 11 is 6.22. The first-order valence-electron chi connectivity index (χ1n) is 6.66. The van der Waals surface area contributed by atoms with E-state index in [9.17, 15) is 0 Å². The standard InChI is InChI=1S/C14H21ClN2O2/c1-3-4-5-17(2)12(8-16)10-6-11(15)14-13(7-10)18-9-19-14/h6-7,12H,3-5,8-9,16H2,1-2H3. The smallest absolute Gasteiger partial charge is 0.231 e. The van der Waals surface area contributed by atoms with Crippen LogP contribution >= 0.6 is 11.6 Å². The Kier molecular flexibility index (Phi) is 4.91. The largest absolute Gasteiger partial charge is 0.454 e. The second kappa shape index (κ2) is 6.46. The number of hydrogen-bond acceptors (Lipinski definition) is 4. The minimum atomic E-state index is 0.151. The van der Waals surface area contributed by atoms with Gasteiger partial charge in [-0.25, -0.2) is 0 Å². The molecule has 1 unspecified atom stereocenters. The summed E-state index contributed by atoms with van der Waals surface area (Å²) < 4.78 is 10.7. The number of hydrogen-bond donors (Lipinski definition) is 1.